The Bertz CT molecular complexity index is 1080. The van der Waals surface area contributed by atoms with Crippen molar-refractivity contribution in [2.24, 2.45) is 33.7 Å². The maximum absolute atomic E-state index is 12.6. The maximum Gasteiger partial charge on any atom is 0.190 e. The number of aryl methyl sites for hydroxylation is 1. The van der Waals surface area contributed by atoms with Gasteiger partial charge < -0.3 is 20.2 Å². The molecule has 4 aliphatic rings. The highest BCUT2D eigenvalue weighted by Gasteiger charge is 2.68. The molecule has 36 heavy (non-hydrogen) atoms. The fourth-order valence-corrected chi connectivity index (χ4v) is 8.52. The highest BCUT2D eigenvalue weighted by atomic mass is 16.6. The van der Waals surface area contributed by atoms with Crippen molar-refractivity contribution >= 4 is 11.5 Å². The van der Waals surface area contributed by atoms with Crippen LogP contribution in [0.4, 0.5) is 0 Å². The van der Waals surface area contributed by atoms with Gasteiger partial charge in [-0.3, -0.25) is 4.79 Å². The van der Waals surface area contributed by atoms with Crippen LogP contribution in [0.25, 0.3) is 0 Å². The Morgan fingerprint density at radius 2 is 2.00 bits per heavy atom. The summed E-state index contributed by atoms with van der Waals surface area (Å²) >= 11 is 0. The van der Waals surface area contributed by atoms with Crippen LogP contribution in [-0.2, 0) is 16.1 Å². The van der Waals surface area contributed by atoms with Crippen LogP contribution in [0.1, 0.15) is 69.9 Å². The van der Waals surface area contributed by atoms with Gasteiger partial charge in [0.05, 0.1) is 11.8 Å². The predicted octanol–water partition coefficient (Wildman–Crippen LogP) is 4.14. The number of fused-ring (bicyclic) bond motifs is 5. The van der Waals surface area contributed by atoms with Gasteiger partial charge in [-0.2, -0.15) is 0 Å². The van der Waals surface area contributed by atoms with E-state index in [9.17, 15) is 20.1 Å². The number of carbonyl (C=O) groups is 1. The molecule has 6 heteroatoms. The number of benzene rings is 1. The van der Waals surface area contributed by atoms with Crippen molar-refractivity contribution in [3.05, 3.63) is 47.0 Å². The summed E-state index contributed by atoms with van der Waals surface area (Å²) in [7, 11) is 0. The number of aliphatic hydroxyl groups is 3. The Morgan fingerprint density at radius 1 is 1.19 bits per heavy atom. The highest BCUT2D eigenvalue weighted by Crippen LogP contribution is 2.67. The molecule has 1 aromatic carbocycles. The molecule has 0 aromatic heterocycles. The summed E-state index contributed by atoms with van der Waals surface area (Å²) in [6.07, 6.45) is 7.58. The van der Waals surface area contributed by atoms with Crippen LogP contribution in [-0.4, -0.2) is 51.7 Å². The van der Waals surface area contributed by atoms with Crippen LogP contribution in [0.15, 0.2) is 41.1 Å². The molecule has 4 aliphatic carbocycles. The van der Waals surface area contributed by atoms with Gasteiger partial charge in [-0.25, -0.2) is 0 Å². The maximum atomic E-state index is 12.6. The molecule has 0 saturated heterocycles. The van der Waals surface area contributed by atoms with E-state index in [1.165, 1.54) is 16.7 Å². The number of hydrogen-bond donors (Lipinski definition) is 3. The third-order valence-electron chi connectivity index (χ3n) is 10.4. The zero-order valence-electron chi connectivity index (χ0n) is 21.9. The van der Waals surface area contributed by atoms with E-state index in [1.54, 1.807) is 0 Å². The molecule has 3 saturated carbocycles. The number of allylic oxidation sites excluding steroid dienone is 2. The van der Waals surface area contributed by atoms with Gasteiger partial charge in [0.1, 0.15) is 18.8 Å². The first kappa shape index (κ1) is 25.6. The van der Waals surface area contributed by atoms with Gasteiger partial charge in [0.25, 0.3) is 0 Å². The highest BCUT2D eigenvalue weighted by molar-refractivity contribution is 5.96. The van der Waals surface area contributed by atoms with Crippen molar-refractivity contribution in [3.63, 3.8) is 0 Å². The van der Waals surface area contributed by atoms with E-state index in [-0.39, 0.29) is 23.2 Å². The Labute approximate surface area is 214 Å². The SMILES string of the molecule is Cc1cccc(CCON=C2C=C3CC[C@@H]4[C@H]([C@@H](O)C[C@@]5(C)[C@H]4CC[C@]5(O)C(=O)CO)[C@@]3(C)CC2)c1. The molecule has 0 amide bonds. The quantitative estimate of drug-likeness (QED) is 0.407. The van der Waals surface area contributed by atoms with Crippen LogP contribution >= 0.6 is 0 Å². The molecule has 0 spiro atoms. The summed E-state index contributed by atoms with van der Waals surface area (Å²) < 4.78 is 0. The normalized spacial score (nSPS) is 40.7. The number of carbonyl (C=O) groups excluding carboxylic acids is 1. The van der Waals surface area contributed by atoms with E-state index in [1.807, 2.05) is 6.92 Å². The lowest BCUT2D eigenvalue weighted by molar-refractivity contribution is -0.181. The lowest BCUT2D eigenvalue weighted by Crippen LogP contribution is -2.62. The van der Waals surface area contributed by atoms with E-state index >= 15 is 0 Å². The Kier molecular flexibility index (Phi) is 6.67. The number of nitrogens with zero attached hydrogens (tertiary/aromatic N) is 1. The second-order valence-corrected chi connectivity index (χ2v) is 12.2. The van der Waals surface area contributed by atoms with Crippen LogP contribution in [0.5, 0.6) is 0 Å². The molecule has 7 atom stereocenters. The molecule has 0 heterocycles. The molecular formula is C30H41NO5. The standard InChI is InChI=1S/C30H41NO5/c1-19-5-4-6-20(15-19)11-14-36-31-22-9-12-28(2)21(16-22)7-8-23-24-10-13-30(35,26(34)18-32)29(24,3)17-25(33)27(23)28/h4-6,15-16,23-25,27,32-33,35H,7-14,17-18H2,1-3H3/t23-,24-,25-,27+,28-,29-,30-/m0/s1. The van der Waals surface area contributed by atoms with E-state index in [0.717, 1.165) is 44.2 Å². The molecule has 196 valence electrons. The van der Waals surface area contributed by atoms with E-state index in [2.05, 4.69) is 49.3 Å². The van der Waals surface area contributed by atoms with Crippen LogP contribution in [0.2, 0.25) is 0 Å². The lowest BCUT2D eigenvalue weighted by atomic mass is 9.45. The largest absolute Gasteiger partial charge is 0.395 e. The molecule has 3 N–H and O–H groups in total. The first-order valence-corrected chi connectivity index (χ1v) is 13.6. The molecule has 0 unspecified atom stereocenters. The molecule has 5 rings (SSSR count). The number of rotatable bonds is 6. The molecule has 6 nitrogen and oxygen atoms in total. The smallest absolute Gasteiger partial charge is 0.190 e. The van der Waals surface area contributed by atoms with Gasteiger partial charge in [0, 0.05) is 11.8 Å². The van der Waals surface area contributed by atoms with E-state index < -0.39 is 29.5 Å². The van der Waals surface area contributed by atoms with E-state index in [0.29, 0.717) is 19.4 Å². The Morgan fingerprint density at radius 3 is 2.75 bits per heavy atom. The van der Waals surface area contributed by atoms with Crippen molar-refractivity contribution in [2.45, 2.75) is 83.8 Å². The summed E-state index contributed by atoms with van der Waals surface area (Å²) in [5.74, 6) is 0.0305. The number of hydrogen-bond acceptors (Lipinski definition) is 6. The fraction of sp³-hybridized carbons (Fsp3) is 0.667. The zero-order chi connectivity index (χ0) is 25.7. The average molecular weight is 496 g/mol. The summed E-state index contributed by atoms with van der Waals surface area (Å²) in [6.45, 7) is 6.24. The third-order valence-corrected chi connectivity index (χ3v) is 10.4. The zero-order valence-corrected chi connectivity index (χ0v) is 21.9. The minimum absolute atomic E-state index is 0.103. The number of Topliss-reactive ketones (excluding diaryl/α,β-unsaturated/α-hetero) is 1. The monoisotopic (exact) mass is 495 g/mol. The molecule has 0 bridgehead atoms. The Balaban J connectivity index is 1.31. The summed E-state index contributed by atoms with van der Waals surface area (Å²) in [4.78, 5) is 18.3. The summed E-state index contributed by atoms with van der Waals surface area (Å²) in [6, 6.07) is 8.45. The predicted molar refractivity (Wildman–Crippen MR) is 138 cm³/mol. The first-order valence-electron chi connectivity index (χ1n) is 13.6. The first-order chi connectivity index (χ1) is 17.1. The van der Waals surface area contributed by atoms with Crippen molar-refractivity contribution in [2.75, 3.05) is 13.2 Å². The fourth-order valence-electron chi connectivity index (χ4n) is 8.52. The van der Waals surface area contributed by atoms with Crippen LogP contribution < -0.4 is 0 Å². The molecule has 3 fully saturated rings. The molecule has 1 aromatic rings. The van der Waals surface area contributed by atoms with Crippen LogP contribution in [0.3, 0.4) is 0 Å². The summed E-state index contributed by atoms with van der Waals surface area (Å²) in [5, 5.41) is 36.9. The van der Waals surface area contributed by atoms with Crippen LogP contribution in [0, 0.1) is 35.5 Å². The number of ketones is 1. The average Bonchev–Trinajstić information content (AvgIpc) is 3.12. The minimum Gasteiger partial charge on any atom is -0.395 e. The molecule has 0 radical (unpaired) electrons. The van der Waals surface area contributed by atoms with Gasteiger partial charge in [-0.1, -0.05) is 54.4 Å². The number of aliphatic hydroxyl groups excluding tert-OH is 2. The summed E-state index contributed by atoms with van der Waals surface area (Å²) in [5.41, 5.74) is 2.46. The van der Waals surface area contributed by atoms with Crippen molar-refractivity contribution < 1.29 is 25.0 Å². The number of oxime groups is 1. The topological polar surface area (TPSA) is 99.4 Å². The second kappa shape index (κ2) is 9.38. The second-order valence-electron chi connectivity index (χ2n) is 12.2. The van der Waals surface area contributed by atoms with Gasteiger partial charge in [0.2, 0.25) is 0 Å². The molecule has 0 aliphatic heterocycles. The van der Waals surface area contributed by atoms with Crippen molar-refractivity contribution in [1.29, 1.82) is 0 Å². The van der Waals surface area contributed by atoms with Crippen molar-refractivity contribution in [1.82, 2.24) is 0 Å². The molecular weight excluding hydrogens is 454 g/mol. The van der Waals surface area contributed by atoms with Gasteiger partial charge in [-0.05, 0) is 86.7 Å². The van der Waals surface area contributed by atoms with E-state index in [4.69, 9.17) is 4.84 Å². The minimum atomic E-state index is -1.54. The van der Waals surface area contributed by atoms with Gasteiger partial charge in [0.15, 0.2) is 5.78 Å². The third kappa shape index (κ3) is 3.97. The lowest BCUT2D eigenvalue weighted by Gasteiger charge is -2.60. The van der Waals surface area contributed by atoms with Gasteiger partial charge in [-0.15, -0.1) is 0 Å². The van der Waals surface area contributed by atoms with Crippen molar-refractivity contribution in [3.8, 4) is 0 Å². The van der Waals surface area contributed by atoms with Gasteiger partial charge >= 0.3 is 0 Å². The Hall–Kier alpha value is -2.02.